The third-order valence-corrected chi connectivity index (χ3v) is 4.15. The number of anilines is 1. The SMILES string of the molecule is CC(=O)Nc1ccc2c(CSc3nnnn3C)cc(=O)oc2c1. The number of benzene rings is 1. The minimum absolute atomic E-state index is 0.187. The molecule has 3 aromatic rings. The lowest BCUT2D eigenvalue weighted by molar-refractivity contribution is -0.114. The fourth-order valence-electron chi connectivity index (χ4n) is 2.12. The lowest BCUT2D eigenvalue weighted by atomic mass is 10.1. The smallest absolute Gasteiger partial charge is 0.336 e. The van der Waals surface area contributed by atoms with Gasteiger partial charge < -0.3 is 9.73 Å². The maximum absolute atomic E-state index is 11.8. The van der Waals surface area contributed by atoms with Crippen LogP contribution in [0.4, 0.5) is 5.69 Å². The lowest BCUT2D eigenvalue weighted by Gasteiger charge is -2.07. The summed E-state index contributed by atoms with van der Waals surface area (Å²) < 4.78 is 6.79. The molecule has 0 saturated heterocycles. The van der Waals surface area contributed by atoms with E-state index in [-0.39, 0.29) is 5.91 Å². The number of nitrogens with zero attached hydrogens (tertiary/aromatic N) is 4. The zero-order chi connectivity index (χ0) is 16.4. The zero-order valence-electron chi connectivity index (χ0n) is 12.4. The van der Waals surface area contributed by atoms with E-state index in [9.17, 15) is 9.59 Å². The molecule has 3 rings (SSSR count). The first-order chi connectivity index (χ1) is 11.0. The number of hydrogen-bond acceptors (Lipinski definition) is 7. The molecule has 1 N–H and O–H groups in total. The van der Waals surface area contributed by atoms with Crippen LogP contribution in [0.25, 0.3) is 11.0 Å². The summed E-state index contributed by atoms with van der Waals surface area (Å²) in [6.07, 6.45) is 0. The number of amides is 1. The molecule has 23 heavy (non-hydrogen) atoms. The number of carbonyl (C=O) groups is 1. The molecule has 2 aromatic heterocycles. The fraction of sp³-hybridized carbons (Fsp3) is 0.214. The van der Waals surface area contributed by atoms with Gasteiger partial charge in [-0.15, -0.1) is 5.10 Å². The summed E-state index contributed by atoms with van der Waals surface area (Å²) in [6.45, 7) is 1.42. The lowest BCUT2D eigenvalue weighted by Crippen LogP contribution is -2.06. The third-order valence-electron chi connectivity index (χ3n) is 3.09. The quantitative estimate of drug-likeness (QED) is 0.571. The van der Waals surface area contributed by atoms with Gasteiger partial charge in [0, 0.05) is 42.9 Å². The van der Waals surface area contributed by atoms with Gasteiger partial charge in [-0.05, 0) is 28.1 Å². The van der Waals surface area contributed by atoms with Crippen molar-refractivity contribution in [3.8, 4) is 0 Å². The van der Waals surface area contributed by atoms with Crippen LogP contribution in [-0.4, -0.2) is 26.1 Å². The van der Waals surface area contributed by atoms with Gasteiger partial charge in [-0.2, -0.15) is 0 Å². The van der Waals surface area contributed by atoms with E-state index in [1.165, 1.54) is 24.8 Å². The van der Waals surface area contributed by atoms with Crippen molar-refractivity contribution >= 4 is 34.3 Å². The second-order valence-electron chi connectivity index (χ2n) is 4.86. The van der Waals surface area contributed by atoms with E-state index in [2.05, 4.69) is 20.8 Å². The molecule has 0 atom stereocenters. The van der Waals surface area contributed by atoms with E-state index in [0.717, 1.165) is 10.9 Å². The van der Waals surface area contributed by atoms with Crippen LogP contribution in [0.1, 0.15) is 12.5 Å². The molecule has 9 heteroatoms. The van der Waals surface area contributed by atoms with E-state index in [1.54, 1.807) is 23.9 Å². The topological polar surface area (TPSA) is 103 Å². The van der Waals surface area contributed by atoms with Crippen molar-refractivity contribution in [2.24, 2.45) is 7.05 Å². The van der Waals surface area contributed by atoms with E-state index >= 15 is 0 Å². The van der Waals surface area contributed by atoms with Crippen molar-refractivity contribution in [2.75, 3.05) is 5.32 Å². The number of tetrazole rings is 1. The Hall–Kier alpha value is -2.68. The number of carbonyl (C=O) groups excluding carboxylic acids is 1. The van der Waals surface area contributed by atoms with Crippen molar-refractivity contribution in [3.05, 3.63) is 40.2 Å². The highest BCUT2D eigenvalue weighted by atomic mass is 32.2. The van der Waals surface area contributed by atoms with Crippen LogP contribution in [0.2, 0.25) is 0 Å². The van der Waals surface area contributed by atoms with Crippen molar-refractivity contribution in [1.82, 2.24) is 20.2 Å². The van der Waals surface area contributed by atoms with Crippen LogP contribution in [-0.2, 0) is 17.6 Å². The van der Waals surface area contributed by atoms with Crippen LogP contribution in [0.3, 0.4) is 0 Å². The summed E-state index contributed by atoms with van der Waals surface area (Å²) in [7, 11) is 1.75. The number of aryl methyl sites for hydroxylation is 1. The van der Waals surface area contributed by atoms with Gasteiger partial charge in [0.25, 0.3) is 0 Å². The Labute approximate surface area is 134 Å². The average Bonchev–Trinajstić information content (AvgIpc) is 2.89. The maximum Gasteiger partial charge on any atom is 0.336 e. The van der Waals surface area contributed by atoms with Gasteiger partial charge in [0.1, 0.15) is 5.58 Å². The summed E-state index contributed by atoms with van der Waals surface area (Å²) in [5.41, 5.74) is 1.38. The molecule has 0 aliphatic carbocycles. The first kappa shape index (κ1) is 15.2. The van der Waals surface area contributed by atoms with Crippen LogP contribution in [0, 0.1) is 0 Å². The van der Waals surface area contributed by atoms with Gasteiger partial charge in [-0.1, -0.05) is 11.8 Å². The first-order valence-corrected chi connectivity index (χ1v) is 7.71. The van der Waals surface area contributed by atoms with Gasteiger partial charge in [0.05, 0.1) is 0 Å². The normalized spacial score (nSPS) is 10.9. The molecular weight excluding hydrogens is 318 g/mol. The van der Waals surface area contributed by atoms with Gasteiger partial charge in [0.2, 0.25) is 11.1 Å². The van der Waals surface area contributed by atoms with E-state index < -0.39 is 5.63 Å². The summed E-state index contributed by atoms with van der Waals surface area (Å²) in [4.78, 5) is 22.9. The number of thioether (sulfide) groups is 1. The second-order valence-corrected chi connectivity index (χ2v) is 5.80. The highest BCUT2D eigenvalue weighted by Crippen LogP contribution is 2.26. The molecule has 0 aliphatic heterocycles. The third kappa shape index (κ3) is 3.39. The number of aromatic nitrogens is 4. The maximum atomic E-state index is 11.8. The van der Waals surface area contributed by atoms with Crippen molar-refractivity contribution in [3.63, 3.8) is 0 Å². The average molecular weight is 331 g/mol. The molecular formula is C14H13N5O3S. The van der Waals surface area contributed by atoms with Gasteiger partial charge >= 0.3 is 5.63 Å². The van der Waals surface area contributed by atoms with Crippen LogP contribution < -0.4 is 10.9 Å². The predicted molar refractivity (Wildman–Crippen MR) is 85.1 cm³/mol. The van der Waals surface area contributed by atoms with Crippen LogP contribution >= 0.6 is 11.8 Å². The summed E-state index contributed by atoms with van der Waals surface area (Å²) >= 11 is 1.42. The monoisotopic (exact) mass is 331 g/mol. The van der Waals surface area contributed by atoms with Gasteiger partial charge in [-0.25, -0.2) is 9.48 Å². The zero-order valence-corrected chi connectivity index (χ0v) is 13.3. The highest BCUT2D eigenvalue weighted by molar-refractivity contribution is 7.98. The predicted octanol–water partition coefficient (Wildman–Crippen LogP) is 1.57. The highest BCUT2D eigenvalue weighted by Gasteiger charge is 2.10. The molecule has 0 saturated carbocycles. The van der Waals surface area contributed by atoms with Crippen molar-refractivity contribution in [2.45, 2.75) is 17.8 Å². The first-order valence-electron chi connectivity index (χ1n) is 6.72. The molecule has 118 valence electrons. The molecule has 0 spiro atoms. The van der Waals surface area contributed by atoms with E-state index in [1.807, 2.05) is 6.07 Å². The van der Waals surface area contributed by atoms with Crippen LogP contribution in [0.15, 0.2) is 38.6 Å². The largest absolute Gasteiger partial charge is 0.423 e. The molecule has 0 bridgehead atoms. The van der Waals surface area contributed by atoms with E-state index in [0.29, 0.717) is 22.2 Å². The molecule has 0 aliphatic rings. The Morgan fingerprint density at radius 2 is 2.22 bits per heavy atom. The van der Waals surface area contributed by atoms with Crippen molar-refractivity contribution < 1.29 is 9.21 Å². The standard InChI is InChI=1S/C14H13N5O3S/c1-8(20)15-10-3-4-11-9(5-13(21)22-12(11)6-10)7-23-14-16-17-18-19(14)2/h3-6H,7H2,1-2H3,(H,15,20). The molecule has 2 heterocycles. The Balaban J connectivity index is 1.95. The second kappa shape index (κ2) is 6.21. The Morgan fingerprint density at radius 3 is 2.91 bits per heavy atom. The molecule has 0 radical (unpaired) electrons. The van der Waals surface area contributed by atoms with Crippen molar-refractivity contribution in [1.29, 1.82) is 0 Å². The number of rotatable bonds is 4. The minimum Gasteiger partial charge on any atom is -0.423 e. The Bertz CT molecular complexity index is 934. The minimum atomic E-state index is -0.441. The summed E-state index contributed by atoms with van der Waals surface area (Å²) in [5, 5.41) is 15.4. The molecule has 1 aromatic carbocycles. The van der Waals surface area contributed by atoms with E-state index in [4.69, 9.17) is 4.42 Å². The molecule has 0 fully saturated rings. The number of nitrogens with one attached hydrogen (secondary N) is 1. The fourth-order valence-corrected chi connectivity index (χ4v) is 2.96. The van der Waals surface area contributed by atoms with Gasteiger partial charge in [0.15, 0.2) is 0 Å². The van der Waals surface area contributed by atoms with Crippen LogP contribution in [0.5, 0.6) is 0 Å². The number of fused-ring (bicyclic) bond motifs is 1. The summed E-state index contributed by atoms with van der Waals surface area (Å²) in [5.74, 6) is 0.337. The Morgan fingerprint density at radius 1 is 1.39 bits per heavy atom. The molecule has 1 amide bonds. The molecule has 8 nitrogen and oxygen atoms in total. The molecule has 0 unspecified atom stereocenters. The van der Waals surface area contributed by atoms with Gasteiger partial charge in [-0.3, -0.25) is 4.79 Å². The summed E-state index contributed by atoms with van der Waals surface area (Å²) in [6, 6.07) is 6.67. The Kier molecular flexibility index (Phi) is 4.11. The number of hydrogen-bond donors (Lipinski definition) is 1.